The van der Waals surface area contributed by atoms with Crippen molar-refractivity contribution < 1.29 is 14.3 Å². The average molecular weight is 548 g/mol. The summed E-state index contributed by atoms with van der Waals surface area (Å²) in [6, 6.07) is 14.6. The number of imidazole rings is 1. The summed E-state index contributed by atoms with van der Waals surface area (Å²) in [5.74, 6) is 3.17. The molecule has 1 aliphatic carbocycles. The van der Waals surface area contributed by atoms with Crippen LogP contribution in [0.2, 0.25) is 5.02 Å². The van der Waals surface area contributed by atoms with Gasteiger partial charge in [0.1, 0.15) is 23.4 Å². The quantitative estimate of drug-likeness (QED) is 0.220. The van der Waals surface area contributed by atoms with Gasteiger partial charge in [0, 0.05) is 17.6 Å². The van der Waals surface area contributed by atoms with Crippen molar-refractivity contribution in [3.05, 3.63) is 64.9 Å². The van der Waals surface area contributed by atoms with E-state index in [1.165, 1.54) is 19.3 Å². The molecule has 1 fully saturated rings. The summed E-state index contributed by atoms with van der Waals surface area (Å²) < 4.78 is 8.45. The number of halogens is 1. The Morgan fingerprint density at radius 3 is 2.56 bits per heavy atom. The minimum absolute atomic E-state index is 0.250. The Morgan fingerprint density at radius 2 is 1.90 bits per heavy atom. The fourth-order valence-electron chi connectivity index (χ4n) is 4.75. The molecule has 1 aliphatic rings. The smallest absolute Gasteiger partial charge is 0.373 e. The van der Waals surface area contributed by atoms with Crippen molar-refractivity contribution in [2.75, 3.05) is 11.9 Å². The van der Waals surface area contributed by atoms with Crippen molar-refractivity contribution in [3.63, 3.8) is 0 Å². The van der Waals surface area contributed by atoms with Crippen molar-refractivity contribution in [3.8, 4) is 17.1 Å². The number of benzene rings is 2. The first kappa shape index (κ1) is 28.3. The molecule has 39 heavy (non-hydrogen) atoms. The molecule has 0 aliphatic heterocycles. The molecule has 4 aromatic rings. The average Bonchev–Trinajstić information content (AvgIpc) is 3.25. The Labute approximate surface area is 233 Å². The van der Waals surface area contributed by atoms with Gasteiger partial charge in [-0.3, -0.25) is 0 Å². The molecule has 0 bridgehead atoms. The van der Waals surface area contributed by atoms with Crippen LogP contribution in [0, 0.1) is 12.8 Å². The van der Waals surface area contributed by atoms with E-state index in [1.54, 1.807) is 6.33 Å². The van der Waals surface area contributed by atoms with Gasteiger partial charge in [0.25, 0.3) is 0 Å². The van der Waals surface area contributed by atoms with Crippen LogP contribution in [-0.2, 0) is 16.1 Å². The number of hydrogen-bond donors (Lipinski definition) is 1. The zero-order chi connectivity index (χ0) is 27.8. The first-order chi connectivity index (χ1) is 18.9. The van der Waals surface area contributed by atoms with Crippen LogP contribution < -0.4 is 10.1 Å². The number of rotatable bonds is 10. The van der Waals surface area contributed by atoms with Gasteiger partial charge in [-0.15, -0.1) is 0 Å². The molecule has 9 heteroatoms. The molecular weight excluding hydrogens is 514 g/mol. The minimum atomic E-state index is 0.250. The fourth-order valence-corrected chi connectivity index (χ4v) is 4.87. The second-order valence-electron chi connectivity index (χ2n) is 9.95. The van der Waals surface area contributed by atoms with E-state index >= 15 is 0 Å². The highest BCUT2D eigenvalue weighted by molar-refractivity contribution is 6.30. The van der Waals surface area contributed by atoms with Crippen LogP contribution in [0.15, 0.2) is 48.8 Å². The van der Waals surface area contributed by atoms with Crippen molar-refractivity contribution in [1.29, 1.82) is 0 Å². The maximum atomic E-state index is 8.12. The first-order valence-corrected chi connectivity index (χ1v) is 13.8. The third-order valence-electron chi connectivity index (χ3n) is 7.15. The summed E-state index contributed by atoms with van der Waals surface area (Å²) in [5, 5.41) is 4.41. The van der Waals surface area contributed by atoms with Crippen LogP contribution in [0.3, 0.4) is 0 Å². The van der Waals surface area contributed by atoms with Gasteiger partial charge in [-0.2, -0.15) is 9.59 Å². The Bertz CT molecular complexity index is 1430. The summed E-state index contributed by atoms with van der Waals surface area (Å²) in [6.07, 6.45) is 7.78. The van der Waals surface area contributed by atoms with Crippen LogP contribution in [0.25, 0.3) is 22.6 Å². The van der Waals surface area contributed by atoms with Gasteiger partial charge >= 0.3 is 6.15 Å². The number of aryl methyl sites for hydroxylation is 1. The molecule has 2 heterocycles. The van der Waals surface area contributed by atoms with Crippen molar-refractivity contribution in [2.45, 2.75) is 65.5 Å². The monoisotopic (exact) mass is 547 g/mol. The van der Waals surface area contributed by atoms with E-state index in [9.17, 15) is 0 Å². The van der Waals surface area contributed by atoms with E-state index in [-0.39, 0.29) is 6.15 Å². The van der Waals surface area contributed by atoms with Gasteiger partial charge in [0.05, 0.1) is 12.2 Å². The van der Waals surface area contributed by atoms with Gasteiger partial charge in [0.15, 0.2) is 11.5 Å². The molecule has 0 spiro atoms. The SMILES string of the molecule is CCCCOc1ccc(C)cc1-c1nc2ncnc(N[C@H](C)C3CCC3)c2n1Cc1ccc(Cl)cc1.O=C=O. The van der Waals surface area contributed by atoms with Crippen LogP contribution in [0.5, 0.6) is 5.75 Å². The molecule has 0 amide bonds. The third kappa shape index (κ3) is 6.83. The summed E-state index contributed by atoms with van der Waals surface area (Å²) >= 11 is 6.18. The second-order valence-corrected chi connectivity index (χ2v) is 10.4. The topological polar surface area (TPSA) is 99.0 Å². The molecular formula is C30H34ClN5O3. The molecule has 1 N–H and O–H groups in total. The fraction of sp³-hybridized carbons (Fsp3) is 0.400. The van der Waals surface area contributed by atoms with Gasteiger partial charge in [-0.25, -0.2) is 15.0 Å². The molecule has 5 rings (SSSR count). The summed E-state index contributed by atoms with van der Waals surface area (Å²) in [5.41, 5.74) is 4.84. The lowest BCUT2D eigenvalue weighted by molar-refractivity contribution is -0.191. The number of ether oxygens (including phenoxy) is 1. The number of hydrogen-bond acceptors (Lipinski definition) is 7. The molecule has 0 radical (unpaired) electrons. The molecule has 0 unspecified atom stereocenters. The van der Waals surface area contributed by atoms with Crippen molar-refractivity contribution in [1.82, 2.24) is 19.5 Å². The minimum Gasteiger partial charge on any atom is -0.493 e. The van der Waals surface area contributed by atoms with E-state index in [0.717, 1.165) is 57.5 Å². The maximum Gasteiger partial charge on any atom is 0.373 e. The second kappa shape index (κ2) is 13.4. The molecule has 8 nitrogen and oxygen atoms in total. The van der Waals surface area contributed by atoms with Gasteiger partial charge in [0.2, 0.25) is 0 Å². The summed E-state index contributed by atoms with van der Waals surface area (Å²) in [4.78, 5) is 30.5. The number of fused-ring (bicyclic) bond motifs is 1. The van der Waals surface area contributed by atoms with E-state index in [0.29, 0.717) is 30.8 Å². The highest BCUT2D eigenvalue weighted by atomic mass is 35.5. The van der Waals surface area contributed by atoms with Crippen LogP contribution in [0.1, 0.15) is 57.1 Å². The largest absolute Gasteiger partial charge is 0.493 e. The summed E-state index contributed by atoms with van der Waals surface area (Å²) in [7, 11) is 0. The Morgan fingerprint density at radius 1 is 1.15 bits per heavy atom. The van der Waals surface area contributed by atoms with Crippen molar-refractivity contribution in [2.24, 2.45) is 5.92 Å². The normalized spacial score (nSPS) is 13.6. The Hall–Kier alpha value is -3.74. The van der Waals surface area contributed by atoms with Crippen molar-refractivity contribution >= 4 is 34.7 Å². The molecule has 2 aromatic carbocycles. The van der Waals surface area contributed by atoms with Crippen LogP contribution in [-0.4, -0.2) is 38.3 Å². The highest BCUT2D eigenvalue weighted by Gasteiger charge is 2.26. The first-order valence-electron chi connectivity index (χ1n) is 13.4. The summed E-state index contributed by atoms with van der Waals surface area (Å²) in [6.45, 7) is 7.81. The number of nitrogens with zero attached hydrogens (tertiary/aromatic N) is 4. The third-order valence-corrected chi connectivity index (χ3v) is 7.40. The highest BCUT2D eigenvalue weighted by Crippen LogP contribution is 2.36. The molecule has 0 saturated heterocycles. The lowest BCUT2D eigenvalue weighted by Gasteiger charge is -2.32. The van der Waals surface area contributed by atoms with E-state index < -0.39 is 0 Å². The number of unbranched alkanes of at least 4 members (excludes halogenated alkanes) is 1. The molecule has 2 aromatic heterocycles. The predicted molar refractivity (Wildman–Crippen MR) is 152 cm³/mol. The lowest BCUT2D eigenvalue weighted by atomic mass is 9.80. The predicted octanol–water partition coefficient (Wildman–Crippen LogP) is 6.70. The number of anilines is 1. The Kier molecular flexibility index (Phi) is 9.69. The van der Waals surface area contributed by atoms with Gasteiger partial charge < -0.3 is 14.6 Å². The van der Waals surface area contributed by atoms with E-state index in [4.69, 9.17) is 30.9 Å². The van der Waals surface area contributed by atoms with E-state index in [2.05, 4.69) is 71.0 Å². The zero-order valence-corrected chi connectivity index (χ0v) is 23.4. The molecule has 204 valence electrons. The Balaban J connectivity index is 0.00000112. The van der Waals surface area contributed by atoms with Crippen LogP contribution in [0.4, 0.5) is 5.82 Å². The maximum absolute atomic E-state index is 8.12. The molecule has 1 saturated carbocycles. The van der Waals surface area contributed by atoms with E-state index in [1.807, 2.05) is 12.1 Å². The lowest BCUT2D eigenvalue weighted by Crippen LogP contribution is -2.31. The number of carbonyl (C=O) groups excluding carboxylic acids is 2. The van der Waals surface area contributed by atoms with Crippen LogP contribution >= 0.6 is 11.6 Å². The number of nitrogens with one attached hydrogen (secondary N) is 1. The molecule has 1 atom stereocenters. The standard InChI is InChI=1S/C29H34ClN5O.CO2/c1-4-5-15-36-25-14-9-19(2)16-24(25)29-34-28-26(35(29)17-21-10-12-23(30)13-11-21)27(31-18-32-28)33-20(3)22-7-6-8-22;2-1-3/h9-14,16,18,20,22H,4-8,15,17H2,1-3H3,(H,31,32,33);/t20-;/m1./s1. The zero-order valence-electron chi connectivity index (χ0n) is 22.6. The van der Waals surface area contributed by atoms with Gasteiger partial charge in [-0.05, 0) is 68.9 Å². The number of aromatic nitrogens is 4. The van der Waals surface area contributed by atoms with Gasteiger partial charge in [-0.1, -0.05) is 55.1 Å².